The molecule has 0 spiro atoms. The van der Waals surface area contributed by atoms with Crippen LogP contribution in [0.2, 0.25) is 0 Å². The first-order chi connectivity index (χ1) is 8.96. The van der Waals surface area contributed by atoms with Crippen LogP contribution in [0, 0.1) is 0 Å². The number of likely N-dealkylation sites (N-methyl/N-ethyl adjacent to an activating group) is 1. The number of carbonyl (C=O) groups excluding carboxylic acids is 1. The van der Waals surface area contributed by atoms with E-state index in [1.807, 2.05) is 6.92 Å². The number of esters is 1. The predicted molar refractivity (Wildman–Crippen MR) is 74.9 cm³/mol. The monoisotopic (exact) mass is 269 g/mol. The molecule has 1 aliphatic heterocycles. The van der Waals surface area contributed by atoms with E-state index in [9.17, 15) is 4.79 Å². The van der Waals surface area contributed by atoms with Gasteiger partial charge in [0, 0.05) is 25.2 Å². The summed E-state index contributed by atoms with van der Waals surface area (Å²) < 4.78 is 5.11. The minimum atomic E-state index is -0.753. The van der Waals surface area contributed by atoms with E-state index in [1.54, 1.807) is 0 Å². The van der Waals surface area contributed by atoms with Crippen LogP contribution in [0.1, 0.15) is 32.6 Å². The molecule has 1 saturated heterocycles. The lowest BCUT2D eigenvalue weighted by atomic mass is 9.99. The molecule has 1 saturated carbocycles. The molecule has 0 radical (unpaired) electrons. The van der Waals surface area contributed by atoms with Crippen molar-refractivity contribution in [3.63, 3.8) is 0 Å². The van der Waals surface area contributed by atoms with Gasteiger partial charge in [-0.1, -0.05) is 0 Å². The van der Waals surface area contributed by atoms with Crippen molar-refractivity contribution in [2.24, 2.45) is 5.73 Å². The van der Waals surface area contributed by atoms with Gasteiger partial charge in [-0.3, -0.25) is 9.69 Å². The van der Waals surface area contributed by atoms with Crippen LogP contribution >= 0.6 is 0 Å². The van der Waals surface area contributed by atoms with E-state index in [0.717, 1.165) is 32.4 Å². The number of nitrogens with two attached hydrogens (primary N) is 1. The summed E-state index contributed by atoms with van der Waals surface area (Å²) in [5.74, 6) is -0.221. The number of hydrogen-bond donors (Lipinski definition) is 1. The molecule has 19 heavy (non-hydrogen) atoms. The molecular formula is C14H27N3O2. The van der Waals surface area contributed by atoms with E-state index in [1.165, 1.54) is 6.42 Å². The lowest BCUT2D eigenvalue weighted by molar-refractivity contribution is -0.149. The van der Waals surface area contributed by atoms with Crippen LogP contribution in [0.5, 0.6) is 0 Å². The van der Waals surface area contributed by atoms with E-state index in [4.69, 9.17) is 10.5 Å². The molecule has 2 rings (SSSR count). The Morgan fingerprint density at radius 1 is 1.47 bits per heavy atom. The van der Waals surface area contributed by atoms with Crippen molar-refractivity contribution in [3.8, 4) is 0 Å². The zero-order valence-electron chi connectivity index (χ0n) is 12.4. The van der Waals surface area contributed by atoms with Crippen molar-refractivity contribution in [1.82, 2.24) is 9.80 Å². The molecule has 3 unspecified atom stereocenters. The summed E-state index contributed by atoms with van der Waals surface area (Å²) in [6.45, 7) is 4.45. The number of rotatable bonds is 4. The second kappa shape index (κ2) is 5.77. The highest BCUT2D eigenvalue weighted by Gasteiger charge is 2.46. The number of ether oxygens (including phenoxy) is 1. The second-order valence-corrected chi connectivity index (χ2v) is 6.17. The highest BCUT2D eigenvalue weighted by molar-refractivity contribution is 5.81. The number of nitrogens with zero attached hydrogens (tertiary/aromatic N) is 2. The van der Waals surface area contributed by atoms with Crippen LogP contribution in [0.3, 0.4) is 0 Å². The van der Waals surface area contributed by atoms with Crippen LogP contribution in [0.25, 0.3) is 0 Å². The summed E-state index contributed by atoms with van der Waals surface area (Å²) in [4.78, 5) is 16.7. The van der Waals surface area contributed by atoms with Gasteiger partial charge in [0.2, 0.25) is 0 Å². The molecule has 5 heteroatoms. The fourth-order valence-electron chi connectivity index (χ4n) is 3.34. The summed E-state index contributed by atoms with van der Waals surface area (Å²) in [5.41, 5.74) is 5.48. The molecule has 0 aromatic heterocycles. The van der Waals surface area contributed by atoms with Crippen molar-refractivity contribution in [1.29, 1.82) is 0 Å². The van der Waals surface area contributed by atoms with E-state index < -0.39 is 5.54 Å². The average molecular weight is 269 g/mol. The highest BCUT2D eigenvalue weighted by Crippen LogP contribution is 2.34. The van der Waals surface area contributed by atoms with Crippen molar-refractivity contribution < 1.29 is 9.53 Å². The third-order valence-electron chi connectivity index (χ3n) is 4.65. The predicted octanol–water partition coefficient (Wildman–Crippen LogP) is 0.435. The van der Waals surface area contributed by atoms with Crippen LogP contribution in [0.15, 0.2) is 0 Å². The molecule has 0 aromatic rings. The molecule has 2 N–H and O–H groups in total. The highest BCUT2D eigenvalue weighted by atomic mass is 16.5. The fraction of sp³-hybridized carbons (Fsp3) is 0.929. The maximum atomic E-state index is 11.9. The van der Waals surface area contributed by atoms with Crippen LogP contribution < -0.4 is 5.73 Å². The van der Waals surface area contributed by atoms with Crippen molar-refractivity contribution in [2.45, 2.75) is 50.2 Å². The van der Waals surface area contributed by atoms with Gasteiger partial charge in [0.1, 0.15) is 5.54 Å². The number of hydrogen-bond acceptors (Lipinski definition) is 5. The smallest absolute Gasteiger partial charge is 0.326 e. The minimum absolute atomic E-state index is 0.221. The van der Waals surface area contributed by atoms with Crippen molar-refractivity contribution in [2.75, 3.05) is 33.8 Å². The topological polar surface area (TPSA) is 58.8 Å². The third-order valence-corrected chi connectivity index (χ3v) is 4.65. The summed E-state index contributed by atoms with van der Waals surface area (Å²) >= 11 is 0. The SMILES string of the molecule is CCOC(=O)C1(N)CCC(N2CCC(N(C)C)C2)C1. The Morgan fingerprint density at radius 2 is 2.21 bits per heavy atom. The minimum Gasteiger partial charge on any atom is -0.465 e. The van der Waals surface area contributed by atoms with Crippen LogP contribution in [-0.2, 0) is 9.53 Å². The zero-order chi connectivity index (χ0) is 14.0. The average Bonchev–Trinajstić information content (AvgIpc) is 2.96. The summed E-state index contributed by atoms with van der Waals surface area (Å²) in [6, 6.07) is 1.08. The molecule has 1 heterocycles. The number of likely N-dealkylation sites (tertiary alicyclic amines) is 1. The normalized spacial score (nSPS) is 36.1. The van der Waals surface area contributed by atoms with Gasteiger partial charge in [-0.05, 0) is 46.7 Å². The van der Waals surface area contributed by atoms with Crippen molar-refractivity contribution >= 4 is 5.97 Å². The largest absolute Gasteiger partial charge is 0.465 e. The van der Waals surface area contributed by atoms with Gasteiger partial charge in [-0.15, -0.1) is 0 Å². The molecule has 0 aromatic carbocycles. The molecule has 1 aliphatic carbocycles. The van der Waals surface area contributed by atoms with Gasteiger partial charge in [0.15, 0.2) is 0 Å². The quantitative estimate of drug-likeness (QED) is 0.750. The molecule has 0 amide bonds. The van der Waals surface area contributed by atoms with E-state index in [0.29, 0.717) is 18.7 Å². The molecule has 3 atom stereocenters. The first kappa shape index (κ1) is 14.8. The Balaban J connectivity index is 1.90. The molecule has 0 bridgehead atoms. The second-order valence-electron chi connectivity index (χ2n) is 6.17. The van der Waals surface area contributed by atoms with Crippen molar-refractivity contribution in [3.05, 3.63) is 0 Å². The molecular weight excluding hydrogens is 242 g/mol. The van der Waals surface area contributed by atoms with Gasteiger partial charge in [-0.2, -0.15) is 0 Å². The third kappa shape index (κ3) is 3.09. The first-order valence-electron chi connectivity index (χ1n) is 7.33. The lowest BCUT2D eigenvalue weighted by Crippen LogP contribution is -2.48. The Bertz CT molecular complexity index is 335. The fourth-order valence-corrected chi connectivity index (χ4v) is 3.34. The zero-order valence-corrected chi connectivity index (χ0v) is 12.4. The summed E-state index contributed by atoms with van der Waals surface area (Å²) in [5, 5.41) is 0. The van der Waals surface area contributed by atoms with Crippen LogP contribution in [-0.4, -0.2) is 67.2 Å². The molecule has 110 valence electrons. The maximum Gasteiger partial charge on any atom is 0.326 e. The molecule has 2 fully saturated rings. The van der Waals surface area contributed by atoms with Crippen LogP contribution in [0.4, 0.5) is 0 Å². The summed E-state index contributed by atoms with van der Waals surface area (Å²) in [6.07, 6.45) is 3.71. The van der Waals surface area contributed by atoms with E-state index in [-0.39, 0.29) is 5.97 Å². The van der Waals surface area contributed by atoms with Gasteiger partial charge in [0.25, 0.3) is 0 Å². The van der Waals surface area contributed by atoms with E-state index >= 15 is 0 Å². The molecule has 5 nitrogen and oxygen atoms in total. The molecule has 2 aliphatic rings. The van der Waals surface area contributed by atoms with Gasteiger partial charge in [0.05, 0.1) is 6.61 Å². The standard InChI is InChI=1S/C14H27N3O2/c1-4-19-13(18)14(15)7-5-11(9-14)17-8-6-12(10-17)16(2)3/h11-12H,4-10,15H2,1-3H3. The Morgan fingerprint density at radius 3 is 2.79 bits per heavy atom. The Hall–Kier alpha value is -0.650. The lowest BCUT2D eigenvalue weighted by Gasteiger charge is -2.27. The Labute approximate surface area is 116 Å². The summed E-state index contributed by atoms with van der Waals surface area (Å²) in [7, 11) is 4.27. The van der Waals surface area contributed by atoms with Gasteiger partial charge >= 0.3 is 5.97 Å². The van der Waals surface area contributed by atoms with Gasteiger partial charge in [-0.25, -0.2) is 0 Å². The van der Waals surface area contributed by atoms with Gasteiger partial charge < -0.3 is 15.4 Å². The van der Waals surface area contributed by atoms with E-state index in [2.05, 4.69) is 23.9 Å². The first-order valence-corrected chi connectivity index (χ1v) is 7.33. The Kier molecular flexibility index (Phi) is 4.48. The number of carbonyl (C=O) groups is 1. The maximum absolute atomic E-state index is 11.9.